The molecule has 0 aliphatic carbocycles. The van der Waals surface area contributed by atoms with Gasteiger partial charge in [-0.05, 0) is 55.0 Å². The molecular formula is C27H43NO3. The summed E-state index contributed by atoms with van der Waals surface area (Å²) in [4.78, 5) is 21.7. The molecule has 1 amide bonds. The third-order valence-electron chi connectivity index (χ3n) is 4.45. The van der Waals surface area contributed by atoms with Crippen LogP contribution in [0.5, 0.6) is 0 Å². The lowest BCUT2D eigenvalue weighted by Crippen LogP contribution is -2.10. The molecule has 2 aromatic rings. The first-order valence-electron chi connectivity index (χ1n) is 11.3. The first kappa shape index (κ1) is 30.6. The number of hydrogen-bond acceptors (Lipinski definition) is 3. The Morgan fingerprint density at radius 1 is 0.968 bits per heavy atom. The van der Waals surface area contributed by atoms with Crippen LogP contribution in [0.3, 0.4) is 0 Å². The van der Waals surface area contributed by atoms with Crippen molar-refractivity contribution >= 4 is 17.6 Å². The lowest BCUT2D eigenvalue weighted by molar-refractivity contribution is -0.144. The van der Waals surface area contributed by atoms with Gasteiger partial charge >= 0.3 is 5.97 Å². The molecule has 0 aliphatic rings. The fourth-order valence-electron chi connectivity index (χ4n) is 2.60. The van der Waals surface area contributed by atoms with Crippen LogP contribution >= 0.6 is 0 Å². The standard InChI is InChI=1S/C17H19NO.C6H12O2.2C2H6/c1-12-9-13(2)17(18-14(3)19)11-16(12)10-15-7-5-4-6-8-15;1-4-5(2)6(7)8-3;2*1-2/h4-9,11H,10H2,1-3H3,(H,18,19);5H,4H2,1-3H3;2*1-2H3. The van der Waals surface area contributed by atoms with Gasteiger partial charge in [0.25, 0.3) is 0 Å². The number of carbonyl (C=O) groups excluding carboxylic acids is 2. The van der Waals surface area contributed by atoms with Gasteiger partial charge in [0, 0.05) is 12.6 Å². The van der Waals surface area contributed by atoms with E-state index in [1.54, 1.807) is 0 Å². The van der Waals surface area contributed by atoms with Crippen molar-refractivity contribution in [3.63, 3.8) is 0 Å². The fraction of sp³-hybridized carbons (Fsp3) is 0.481. The van der Waals surface area contributed by atoms with E-state index in [4.69, 9.17) is 0 Å². The molecule has 0 saturated carbocycles. The predicted molar refractivity (Wildman–Crippen MR) is 134 cm³/mol. The first-order chi connectivity index (χ1) is 14.8. The number of benzene rings is 2. The van der Waals surface area contributed by atoms with Crippen LogP contribution in [0, 0.1) is 19.8 Å². The monoisotopic (exact) mass is 429 g/mol. The maximum Gasteiger partial charge on any atom is 0.308 e. The number of rotatable bonds is 5. The highest BCUT2D eigenvalue weighted by Crippen LogP contribution is 2.23. The van der Waals surface area contributed by atoms with Crippen LogP contribution in [0.2, 0.25) is 0 Å². The second-order valence-corrected chi connectivity index (χ2v) is 6.77. The van der Waals surface area contributed by atoms with Crippen LogP contribution in [-0.2, 0) is 20.7 Å². The van der Waals surface area contributed by atoms with Gasteiger partial charge in [-0.1, -0.05) is 77.9 Å². The van der Waals surface area contributed by atoms with Gasteiger partial charge in [-0.15, -0.1) is 0 Å². The number of anilines is 1. The molecule has 0 heterocycles. The van der Waals surface area contributed by atoms with Crippen molar-refractivity contribution in [2.75, 3.05) is 12.4 Å². The maximum absolute atomic E-state index is 11.2. The smallest absolute Gasteiger partial charge is 0.308 e. The molecule has 0 aliphatic heterocycles. The number of hydrogen-bond donors (Lipinski definition) is 1. The summed E-state index contributed by atoms with van der Waals surface area (Å²) in [5.74, 6) is -0.0925. The van der Waals surface area contributed by atoms with Crippen LogP contribution in [0.4, 0.5) is 5.69 Å². The van der Waals surface area contributed by atoms with Gasteiger partial charge in [0.1, 0.15) is 0 Å². The van der Waals surface area contributed by atoms with Gasteiger partial charge in [-0.3, -0.25) is 9.59 Å². The fourth-order valence-corrected chi connectivity index (χ4v) is 2.60. The molecule has 0 fully saturated rings. The molecule has 4 nitrogen and oxygen atoms in total. The van der Waals surface area contributed by atoms with E-state index in [-0.39, 0.29) is 17.8 Å². The molecule has 0 radical (unpaired) electrons. The van der Waals surface area contributed by atoms with Gasteiger partial charge < -0.3 is 10.1 Å². The van der Waals surface area contributed by atoms with Gasteiger partial charge in [0.2, 0.25) is 5.91 Å². The topological polar surface area (TPSA) is 55.4 Å². The van der Waals surface area contributed by atoms with E-state index >= 15 is 0 Å². The quantitative estimate of drug-likeness (QED) is 0.515. The second kappa shape index (κ2) is 18.2. The first-order valence-corrected chi connectivity index (χ1v) is 11.3. The van der Waals surface area contributed by atoms with Crippen molar-refractivity contribution in [2.45, 2.75) is 75.2 Å². The minimum Gasteiger partial charge on any atom is -0.469 e. The summed E-state index contributed by atoms with van der Waals surface area (Å²) >= 11 is 0. The van der Waals surface area contributed by atoms with E-state index in [2.05, 4.69) is 41.2 Å². The molecule has 1 unspecified atom stereocenters. The van der Waals surface area contributed by atoms with Gasteiger partial charge in [-0.25, -0.2) is 0 Å². The van der Waals surface area contributed by atoms with E-state index in [9.17, 15) is 9.59 Å². The van der Waals surface area contributed by atoms with E-state index in [0.29, 0.717) is 0 Å². The molecule has 0 bridgehead atoms. The van der Waals surface area contributed by atoms with E-state index < -0.39 is 0 Å². The van der Waals surface area contributed by atoms with E-state index in [1.165, 1.54) is 30.7 Å². The largest absolute Gasteiger partial charge is 0.469 e. The Balaban J connectivity index is 0. The normalized spacial score (nSPS) is 10.0. The van der Waals surface area contributed by atoms with Crippen molar-refractivity contribution in [1.82, 2.24) is 0 Å². The molecule has 1 N–H and O–H groups in total. The van der Waals surface area contributed by atoms with E-state index in [1.807, 2.05) is 66.7 Å². The molecule has 2 aromatic carbocycles. The summed E-state index contributed by atoms with van der Waals surface area (Å²) in [6, 6.07) is 14.6. The van der Waals surface area contributed by atoms with Crippen LogP contribution in [0.15, 0.2) is 42.5 Å². The zero-order valence-corrected chi connectivity index (χ0v) is 21.3. The Bertz CT molecular complexity index is 755. The summed E-state index contributed by atoms with van der Waals surface area (Å²) in [6.07, 6.45) is 1.74. The average Bonchev–Trinajstić information content (AvgIpc) is 2.79. The summed E-state index contributed by atoms with van der Waals surface area (Å²) in [6.45, 7) is 17.5. The SMILES string of the molecule is CC.CC.CC(=O)Nc1cc(Cc2ccccc2)c(C)cc1C.CCC(C)C(=O)OC. The maximum atomic E-state index is 11.2. The minimum absolute atomic E-state index is 0.0300. The third-order valence-corrected chi connectivity index (χ3v) is 4.45. The number of carbonyl (C=O) groups is 2. The zero-order chi connectivity index (χ0) is 24.4. The number of esters is 1. The molecular weight excluding hydrogens is 386 g/mol. The second-order valence-electron chi connectivity index (χ2n) is 6.77. The van der Waals surface area contributed by atoms with Crippen molar-refractivity contribution in [2.24, 2.45) is 5.92 Å². The number of aryl methyl sites for hydroxylation is 2. The molecule has 0 saturated heterocycles. The third kappa shape index (κ3) is 12.6. The lowest BCUT2D eigenvalue weighted by atomic mass is 9.97. The van der Waals surface area contributed by atoms with Crippen LogP contribution in [0.25, 0.3) is 0 Å². The van der Waals surface area contributed by atoms with Gasteiger partial charge in [-0.2, -0.15) is 0 Å². The van der Waals surface area contributed by atoms with Crippen molar-refractivity contribution < 1.29 is 14.3 Å². The molecule has 2 rings (SSSR count). The summed E-state index contributed by atoms with van der Waals surface area (Å²) in [7, 11) is 1.41. The molecule has 1 atom stereocenters. The zero-order valence-electron chi connectivity index (χ0n) is 21.3. The van der Waals surface area contributed by atoms with Crippen LogP contribution < -0.4 is 5.32 Å². The van der Waals surface area contributed by atoms with Crippen molar-refractivity contribution in [3.8, 4) is 0 Å². The summed E-state index contributed by atoms with van der Waals surface area (Å²) < 4.78 is 4.46. The lowest BCUT2D eigenvalue weighted by Gasteiger charge is -2.12. The highest BCUT2D eigenvalue weighted by atomic mass is 16.5. The highest BCUT2D eigenvalue weighted by molar-refractivity contribution is 5.89. The number of amides is 1. The number of nitrogens with one attached hydrogen (secondary N) is 1. The average molecular weight is 430 g/mol. The minimum atomic E-state index is -0.118. The Hall–Kier alpha value is -2.62. The van der Waals surface area contributed by atoms with Crippen LogP contribution in [-0.4, -0.2) is 19.0 Å². The van der Waals surface area contributed by atoms with E-state index in [0.717, 1.165) is 24.1 Å². The van der Waals surface area contributed by atoms with Gasteiger partial charge in [0.15, 0.2) is 0 Å². The molecule has 0 aromatic heterocycles. The molecule has 31 heavy (non-hydrogen) atoms. The van der Waals surface area contributed by atoms with Crippen molar-refractivity contribution in [3.05, 3.63) is 64.7 Å². The summed E-state index contributed by atoms with van der Waals surface area (Å²) in [5, 5.41) is 2.89. The Kier molecular flexibility index (Phi) is 17.9. The molecule has 174 valence electrons. The molecule has 4 heteroatoms. The molecule has 0 spiro atoms. The highest BCUT2D eigenvalue weighted by Gasteiger charge is 2.08. The van der Waals surface area contributed by atoms with Crippen molar-refractivity contribution in [1.29, 1.82) is 0 Å². The van der Waals surface area contributed by atoms with Crippen LogP contribution in [0.1, 0.15) is 77.1 Å². The Morgan fingerprint density at radius 3 is 1.94 bits per heavy atom. The number of ether oxygens (including phenoxy) is 1. The predicted octanol–water partition coefficient (Wildman–Crippen LogP) is 7.11. The van der Waals surface area contributed by atoms with Gasteiger partial charge in [0.05, 0.1) is 13.0 Å². The summed E-state index contributed by atoms with van der Waals surface area (Å²) in [5.41, 5.74) is 5.80. The Morgan fingerprint density at radius 2 is 1.52 bits per heavy atom. The Labute approximate surface area is 190 Å². The number of methoxy groups -OCH3 is 1.